The fourth-order valence-electron chi connectivity index (χ4n) is 2.11. The Morgan fingerprint density at radius 3 is 1.91 bits per heavy atom. The van der Waals surface area contributed by atoms with Gasteiger partial charge in [-0.25, -0.2) is 0 Å². The summed E-state index contributed by atoms with van der Waals surface area (Å²) in [6.07, 6.45) is -0.00428. The minimum absolute atomic E-state index is 0.00428. The molecule has 0 atom stereocenters. The van der Waals surface area contributed by atoms with Gasteiger partial charge in [0.1, 0.15) is 0 Å². The highest BCUT2D eigenvalue weighted by Crippen LogP contribution is 2.26. The second-order valence-electron chi connectivity index (χ2n) is 4.55. The van der Waals surface area contributed by atoms with Crippen molar-refractivity contribution in [2.45, 2.75) is 12.1 Å². The number of hydrogen-bond donors (Lipinski definition) is 0. The van der Waals surface area contributed by atoms with Crippen LogP contribution in [0.15, 0.2) is 70.9 Å². The molecule has 0 aliphatic carbocycles. The van der Waals surface area contributed by atoms with Crippen molar-refractivity contribution >= 4 is 5.78 Å². The van der Waals surface area contributed by atoms with Crippen LogP contribution in [0.25, 0.3) is 20.9 Å². The molecule has 0 radical (unpaired) electrons. The highest BCUT2D eigenvalue weighted by atomic mass is 16.1. The summed E-state index contributed by atoms with van der Waals surface area (Å²) in [7, 11) is 0. The van der Waals surface area contributed by atoms with E-state index in [1.165, 1.54) is 0 Å². The maximum Gasteiger partial charge on any atom is 0.193 e. The molecule has 0 heterocycles. The fourth-order valence-corrected chi connectivity index (χ4v) is 2.11. The zero-order valence-corrected chi connectivity index (χ0v) is 11.6. The van der Waals surface area contributed by atoms with Crippen molar-refractivity contribution < 1.29 is 4.79 Å². The standard InChI is InChI=1S/C15H12N6O/c16-20-18-15(19-21-17,11-12-7-3-1-4-8-12)14(22)13-9-5-2-6-10-13/h1-10H,11H2. The predicted octanol–water partition coefficient (Wildman–Crippen LogP) is 4.43. The molecule has 0 bridgehead atoms. The Kier molecular flexibility index (Phi) is 4.78. The molecule has 0 N–H and O–H groups in total. The van der Waals surface area contributed by atoms with E-state index in [1.807, 2.05) is 6.07 Å². The summed E-state index contributed by atoms with van der Waals surface area (Å²) in [5.74, 6) is -0.535. The number of carbonyl (C=O) groups is 1. The van der Waals surface area contributed by atoms with E-state index in [0.717, 1.165) is 5.56 Å². The van der Waals surface area contributed by atoms with E-state index in [4.69, 9.17) is 11.1 Å². The molecule has 0 fully saturated rings. The largest absolute Gasteiger partial charge is 0.293 e. The van der Waals surface area contributed by atoms with Gasteiger partial charge in [-0.15, -0.1) is 0 Å². The van der Waals surface area contributed by atoms with E-state index in [1.54, 1.807) is 54.6 Å². The summed E-state index contributed by atoms with van der Waals surface area (Å²) in [6.45, 7) is 0. The van der Waals surface area contributed by atoms with Gasteiger partial charge in [-0.3, -0.25) is 4.79 Å². The van der Waals surface area contributed by atoms with Crippen molar-refractivity contribution in [1.82, 2.24) is 0 Å². The van der Waals surface area contributed by atoms with Crippen molar-refractivity contribution in [3.8, 4) is 0 Å². The van der Waals surface area contributed by atoms with Crippen LogP contribution < -0.4 is 0 Å². The fraction of sp³-hybridized carbons (Fsp3) is 0.133. The molecule has 7 heteroatoms. The first-order chi connectivity index (χ1) is 10.7. The van der Waals surface area contributed by atoms with Crippen LogP contribution in [0, 0.1) is 0 Å². The van der Waals surface area contributed by atoms with E-state index in [9.17, 15) is 4.79 Å². The molecule has 0 spiro atoms. The van der Waals surface area contributed by atoms with E-state index < -0.39 is 11.4 Å². The SMILES string of the molecule is [N-]=[N+]=NC(Cc1ccccc1)(N=[N+]=[N-])C(=O)c1ccccc1. The average molecular weight is 292 g/mol. The number of Topliss-reactive ketones (excluding diaryl/α,β-unsaturated/α-hetero) is 1. The van der Waals surface area contributed by atoms with Gasteiger partial charge in [0.15, 0.2) is 11.4 Å². The van der Waals surface area contributed by atoms with Crippen molar-refractivity contribution in [2.75, 3.05) is 0 Å². The van der Waals surface area contributed by atoms with Gasteiger partial charge in [0.25, 0.3) is 0 Å². The molecular weight excluding hydrogens is 280 g/mol. The third-order valence-electron chi connectivity index (χ3n) is 3.11. The number of ketones is 1. The molecule has 0 aromatic heterocycles. The normalized spacial score (nSPS) is 12.4. The Hall–Kier alpha value is -3.27. The minimum atomic E-state index is -1.85. The van der Waals surface area contributed by atoms with Crippen molar-refractivity contribution in [1.29, 1.82) is 0 Å². The first kappa shape index (κ1) is 15.1. The number of carbonyl (C=O) groups excluding carboxylic acids is 1. The minimum Gasteiger partial charge on any atom is -0.293 e. The molecule has 108 valence electrons. The van der Waals surface area contributed by atoms with Crippen molar-refractivity contribution in [3.05, 3.63) is 92.7 Å². The van der Waals surface area contributed by atoms with E-state index >= 15 is 0 Å². The first-order valence-corrected chi connectivity index (χ1v) is 6.48. The number of azide groups is 1. The van der Waals surface area contributed by atoms with Crippen LogP contribution in [0.1, 0.15) is 15.9 Å². The number of rotatable bonds is 6. The molecule has 2 rings (SSSR count). The van der Waals surface area contributed by atoms with Gasteiger partial charge in [-0.05, 0) is 23.0 Å². The zero-order chi connectivity index (χ0) is 15.8. The molecule has 0 amide bonds. The van der Waals surface area contributed by atoms with Crippen LogP contribution in [-0.2, 0) is 6.42 Å². The van der Waals surface area contributed by atoms with E-state index in [0.29, 0.717) is 5.56 Å². The van der Waals surface area contributed by atoms with Crippen molar-refractivity contribution in [2.24, 2.45) is 10.2 Å². The average Bonchev–Trinajstić information content (AvgIpc) is 2.56. The summed E-state index contributed by atoms with van der Waals surface area (Å²) in [4.78, 5) is 18.1. The summed E-state index contributed by atoms with van der Waals surface area (Å²) >= 11 is 0. The quantitative estimate of drug-likeness (QED) is 0.333. The van der Waals surface area contributed by atoms with Gasteiger partial charge < -0.3 is 0 Å². The molecular formula is C15H12N6O. The lowest BCUT2D eigenvalue weighted by Crippen LogP contribution is -2.36. The molecule has 0 unspecified atom stereocenters. The molecule has 0 saturated heterocycles. The monoisotopic (exact) mass is 292 g/mol. The second kappa shape index (κ2) is 6.95. The Morgan fingerprint density at radius 1 is 0.909 bits per heavy atom. The zero-order valence-electron chi connectivity index (χ0n) is 11.6. The van der Waals surface area contributed by atoms with Gasteiger partial charge in [-0.1, -0.05) is 70.9 Å². The van der Waals surface area contributed by atoms with Crippen LogP contribution in [0.2, 0.25) is 0 Å². The van der Waals surface area contributed by atoms with Gasteiger partial charge >= 0.3 is 0 Å². The van der Waals surface area contributed by atoms with Gasteiger partial charge in [-0.2, -0.15) is 0 Å². The predicted molar refractivity (Wildman–Crippen MR) is 81.9 cm³/mol. The first-order valence-electron chi connectivity index (χ1n) is 6.48. The lowest BCUT2D eigenvalue weighted by atomic mass is 9.92. The molecule has 2 aromatic carbocycles. The van der Waals surface area contributed by atoms with E-state index in [2.05, 4.69) is 20.1 Å². The molecule has 2 aromatic rings. The molecule has 7 nitrogen and oxygen atoms in total. The van der Waals surface area contributed by atoms with Crippen LogP contribution in [0.4, 0.5) is 0 Å². The lowest BCUT2D eigenvalue weighted by Gasteiger charge is -2.22. The van der Waals surface area contributed by atoms with Crippen LogP contribution in [0.5, 0.6) is 0 Å². The van der Waals surface area contributed by atoms with Gasteiger partial charge in [0.2, 0.25) is 0 Å². The van der Waals surface area contributed by atoms with Gasteiger partial charge in [0.05, 0.1) is 0 Å². The Morgan fingerprint density at radius 2 is 1.41 bits per heavy atom. The summed E-state index contributed by atoms with van der Waals surface area (Å²) in [5.41, 5.74) is 16.8. The Bertz CT molecular complexity index is 728. The van der Waals surface area contributed by atoms with E-state index in [-0.39, 0.29) is 6.42 Å². The summed E-state index contributed by atoms with van der Waals surface area (Å²) < 4.78 is 0. The molecule has 22 heavy (non-hydrogen) atoms. The third-order valence-corrected chi connectivity index (χ3v) is 3.11. The van der Waals surface area contributed by atoms with Gasteiger partial charge in [0, 0.05) is 15.4 Å². The number of benzene rings is 2. The molecule has 0 aliphatic rings. The topological polar surface area (TPSA) is 115 Å². The third kappa shape index (κ3) is 3.24. The highest BCUT2D eigenvalue weighted by molar-refractivity contribution is 6.03. The molecule has 0 aliphatic heterocycles. The summed E-state index contributed by atoms with van der Waals surface area (Å²) in [6, 6.07) is 17.3. The van der Waals surface area contributed by atoms with Crippen LogP contribution >= 0.6 is 0 Å². The Balaban J connectivity index is 2.52. The highest BCUT2D eigenvalue weighted by Gasteiger charge is 2.37. The molecule has 0 saturated carbocycles. The smallest absolute Gasteiger partial charge is 0.193 e. The van der Waals surface area contributed by atoms with Crippen LogP contribution in [-0.4, -0.2) is 11.4 Å². The number of nitrogens with zero attached hydrogens (tertiary/aromatic N) is 6. The maximum absolute atomic E-state index is 12.7. The second-order valence-corrected chi connectivity index (χ2v) is 4.55. The Labute approximate surface area is 126 Å². The summed E-state index contributed by atoms with van der Waals surface area (Å²) in [5, 5.41) is 7.06. The lowest BCUT2D eigenvalue weighted by molar-refractivity contribution is 0.0892. The van der Waals surface area contributed by atoms with Crippen molar-refractivity contribution in [3.63, 3.8) is 0 Å². The van der Waals surface area contributed by atoms with Crippen LogP contribution in [0.3, 0.4) is 0 Å². The number of hydrogen-bond acceptors (Lipinski definition) is 3. The maximum atomic E-state index is 12.7.